The van der Waals surface area contributed by atoms with Crippen LogP contribution in [0.3, 0.4) is 0 Å². The van der Waals surface area contributed by atoms with Crippen molar-refractivity contribution in [3.8, 4) is 0 Å². The minimum atomic E-state index is -3.95. The van der Waals surface area contributed by atoms with Gasteiger partial charge in [-0.1, -0.05) is 35.9 Å². The molecule has 0 spiro atoms. The number of hydrogen-bond acceptors (Lipinski definition) is 4. The van der Waals surface area contributed by atoms with Crippen molar-refractivity contribution in [2.75, 3.05) is 22.8 Å². The van der Waals surface area contributed by atoms with Crippen molar-refractivity contribution >= 4 is 27.3 Å². The summed E-state index contributed by atoms with van der Waals surface area (Å²) in [6.07, 6.45) is 2.78. The Hall–Kier alpha value is -3.19. The van der Waals surface area contributed by atoms with E-state index in [-0.39, 0.29) is 17.3 Å². The second-order valence-electron chi connectivity index (χ2n) is 6.32. The Labute approximate surface area is 165 Å². The number of sulfonamides is 1. The molecular weight excluding hydrogens is 374 g/mol. The van der Waals surface area contributed by atoms with Crippen LogP contribution in [0.15, 0.2) is 84.0 Å². The third-order valence-corrected chi connectivity index (χ3v) is 6.10. The van der Waals surface area contributed by atoms with Gasteiger partial charge in [-0.25, -0.2) is 8.42 Å². The second-order valence-corrected chi connectivity index (χ2v) is 8.19. The smallest absolute Gasteiger partial charge is 0.266 e. The summed E-state index contributed by atoms with van der Waals surface area (Å²) >= 11 is 0. The molecule has 0 atom stereocenters. The van der Waals surface area contributed by atoms with Crippen molar-refractivity contribution in [1.82, 2.24) is 4.98 Å². The molecule has 144 valence electrons. The van der Waals surface area contributed by atoms with Gasteiger partial charge in [0.1, 0.15) is 11.4 Å². The lowest BCUT2D eigenvalue weighted by Crippen LogP contribution is -2.41. The van der Waals surface area contributed by atoms with E-state index in [1.54, 1.807) is 37.4 Å². The minimum Gasteiger partial charge on any atom is -0.314 e. The van der Waals surface area contributed by atoms with Crippen molar-refractivity contribution in [3.63, 3.8) is 0 Å². The molecule has 3 aromatic rings. The number of hydrogen-bond donors (Lipinski definition) is 0. The molecule has 0 aliphatic rings. The van der Waals surface area contributed by atoms with Gasteiger partial charge in [0.25, 0.3) is 10.0 Å². The maximum absolute atomic E-state index is 13.2. The highest BCUT2D eigenvalue weighted by Gasteiger charge is 2.28. The molecule has 28 heavy (non-hydrogen) atoms. The number of carbonyl (C=O) groups is 1. The van der Waals surface area contributed by atoms with Gasteiger partial charge in [-0.3, -0.25) is 14.1 Å². The van der Waals surface area contributed by atoms with Gasteiger partial charge in [-0.2, -0.15) is 0 Å². The molecule has 0 N–H and O–H groups in total. The Kier molecular flexibility index (Phi) is 5.75. The van der Waals surface area contributed by atoms with E-state index < -0.39 is 10.0 Å². The summed E-state index contributed by atoms with van der Waals surface area (Å²) in [6, 6.07) is 19.1. The summed E-state index contributed by atoms with van der Waals surface area (Å²) in [5.41, 5.74) is 2.11. The van der Waals surface area contributed by atoms with Gasteiger partial charge in [0.15, 0.2) is 0 Å². The average Bonchev–Trinajstić information content (AvgIpc) is 2.73. The number of carbonyl (C=O) groups excluding carboxylic acids is 1. The fraction of sp³-hybridized carbons (Fsp3) is 0.143. The lowest BCUT2D eigenvalue weighted by molar-refractivity contribution is -0.116. The number of aromatic nitrogens is 1. The van der Waals surface area contributed by atoms with E-state index in [1.165, 1.54) is 23.4 Å². The van der Waals surface area contributed by atoms with Gasteiger partial charge >= 0.3 is 0 Å². The van der Waals surface area contributed by atoms with Crippen molar-refractivity contribution in [2.45, 2.75) is 11.8 Å². The molecule has 1 heterocycles. The zero-order valence-corrected chi connectivity index (χ0v) is 16.5. The first kappa shape index (κ1) is 19.6. The number of benzene rings is 2. The zero-order chi connectivity index (χ0) is 20.1. The molecule has 3 rings (SSSR count). The molecule has 0 saturated heterocycles. The van der Waals surface area contributed by atoms with Crippen LogP contribution < -0.4 is 9.21 Å². The largest absolute Gasteiger partial charge is 0.314 e. The highest BCUT2D eigenvalue weighted by molar-refractivity contribution is 7.92. The summed E-state index contributed by atoms with van der Waals surface area (Å²) in [7, 11) is -2.33. The van der Waals surface area contributed by atoms with E-state index in [4.69, 9.17) is 0 Å². The van der Waals surface area contributed by atoms with Crippen LogP contribution in [0, 0.1) is 6.92 Å². The molecule has 0 radical (unpaired) electrons. The Morgan fingerprint density at radius 1 is 0.929 bits per heavy atom. The van der Waals surface area contributed by atoms with Crippen molar-refractivity contribution in [3.05, 3.63) is 84.7 Å². The molecule has 7 heteroatoms. The lowest BCUT2D eigenvalue weighted by atomic mass is 10.2. The van der Waals surface area contributed by atoms with Crippen LogP contribution in [-0.4, -0.2) is 32.9 Å². The maximum atomic E-state index is 13.2. The zero-order valence-electron chi connectivity index (χ0n) is 15.7. The molecular formula is C21H21N3O3S. The number of aryl methyl sites for hydroxylation is 1. The van der Waals surface area contributed by atoms with Gasteiger partial charge in [0.2, 0.25) is 5.91 Å². The predicted octanol–water partition coefficient (Wildman–Crippen LogP) is 3.25. The van der Waals surface area contributed by atoms with E-state index in [0.717, 1.165) is 9.87 Å². The molecule has 6 nitrogen and oxygen atoms in total. The summed E-state index contributed by atoms with van der Waals surface area (Å²) in [6.45, 7) is 1.59. The van der Waals surface area contributed by atoms with Crippen LogP contribution in [-0.2, 0) is 14.8 Å². The van der Waals surface area contributed by atoms with Crippen molar-refractivity contribution < 1.29 is 13.2 Å². The molecule has 0 aliphatic carbocycles. The van der Waals surface area contributed by atoms with Gasteiger partial charge in [-0.15, -0.1) is 0 Å². The first-order valence-corrected chi connectivity index (χ1v) is 10.1. The van der Waals surface area contributed by atoms with Crippen molar-refractivity contribution in [1.29, 1.82) is 0 Å². The fourth-order valence-corrected chi connectivity index (χ4v) is 4.06. The third kappa shape index (κ3) is 4.20. The van der Waals surface area contributed by atoms with E-state index >= 15 is 0 Å². The normalized spacial score (nSPS) is 11.1. The summed E-state index contributed by atoms with van der Waals surface area (Å²) in [4.78, 5) is 18.3. The van der Waals surface area contributed by atoms with E-state index in [2.05, 4.69) is 4.98 Å². The van der Waals surface area contributed by atoms with E-state index in [0.29, 0.717) is 11.4 Å². The van der Waals surface area contributed by atoms with Gasteiger partial charge < -0.3 is 4.90 Å². The average molecular weight is 395 g/mol. The first-order chi connectivity index (χ1) is 13.4. The standard InChI is InChI=1S/C21H21N3O3S/c1-17-10-12-19(13-11-17)24(28(26,27)20-9-6-14-22-15-20)16-21(25)23(2)18-7-4-3-5-8-18/h3-15H,16H2,1-2H3. The predicted molar refractivity (Wildman–Crippen MR) is 110 cm³/mol. The number of likely N-dealkylation sites (N-methyl/N-ethyl adjacent to an activating group) is 1. The van der Waals surface area contributed by atoms with E-state index in [1.807, 2.05) is 37.3 Å². The van der Waals surface area contributed by atoms with Gasteiger partial charge in [0.05, 0.1) is 5.69 Å². The topological polar surface area (TPSA) is 70.6 Å². The first-order valence-electron chi connectivity index (χ1n) is 8.70. The number of anilines is 2. The fourth-order valence-electron chi connectivity index (χ4n) is 2.68. The molecule has 0 saturated carbocycles. The van der Waals surface area contributed by atoms with Gasteiger partial charge in [0, 0.05) is 25.1 Å². The Morgan fingerprint density at radius 2 is 1.61 bits per heavy atom. The second kappa shape index (κ2) is 8.22. The van der Waals surface area contributed by atoms with Crippen LogP contribution in [0.25, 0.3) is 0 Å². The Balaban J connectivity index is 1.97. The number of para-hydroxylation sites is 1. The lowest BCUT2D eigenvalue weighted by Gasteiger charge is -2.26. The molecule has 1 amide bonds. The maximum Gasteiger partial charge on any atom is 0.266 e. The molecule has 0 bridgehead atoms. The number of pyridine rings is 1. The molecule has 1 aromatic heterocycles. The highest BCUT2D eigenvalue weighted by atomic mass is 32.2. The number of amides is 1. The minimum absolute atomic E-state index is 0.0331. The Morgan fingerprint density at radius 3 is 2.21 bits per heavy atom. The van der Waals surface area contributed by atoms with E-state index in [9.17, 15) is 13.2 Å². The van der Waals surface area contributed by atoms with Crippen LogP contribution in [0.2, 0.25) is 0 Å². The summed E-state index contributed by atoms with van der Waals surface area (Å²) in [5.74, 6) is -0.348. The molecule has 2 aromatic carbocycles. The monoisotopic (exact) mass is 395 g/mol. The summed E-state index contributed by atoms with van der Waals surface area (Å²) < 4.78 is 27.6. The molecule has 0 unspecified atom stereocenters. The Bertz CT molecular complexity index is 1040. The molecule has 0 fully saturated rings. The highest BCUT2D eigenvalue weighted by Crippen LogP contribution is 2.24. The van der Waals surface area contributed by atoms with Crippen LogP contribution in [0.5, 0.6) is 0 Å². The number of rotatable bonds is 6. The third-order valence-electron chi connectivity index (χ3n) is 4.34. The SMILES string of the molecule is Cc1ccc(N(CC(=O)N(C)c2ccccc2)S(=O)(=O)c2cccnc2)cc1. The van der Waals surface area contributed by atoms with Crippen molar-refractivity contribution in [2.24, 2.45) is 0 Å². The van der Waals surface area contributed by atoms with Gasteiger partial charge in [-0.05, 0) is 43.3 Å². The van der Waals surface area contributed by atoms with Crippen LogP contribution >= 0.6 is 0 Å². The van der Waals surface area contributed by atoms with Crippen LogP contribution in [0.1, 0.15) is 5.56 Å². The summed E-state index contributed by atoms with van der Waals surface area (Å²) in [5, 5.41) is 0. The quantitative estimate of drug-likeness (QED) is 0.642. The number of nitrogens with zero attached hydrogens (tertiary/aromatic N) is 3. The molecule has 0 aliphatic heterocycles. The van der Waals surface area contributed by atoms with Crippen LogP contribution in [0.4, 0.5) is 11.4 Å².